The third kappa shape index (κ3) is 3.27. The lowest BCUT2D eigenvalue weighted by atomic mass is 9.60. The van der Waals surface area contributed by atoms with Crippen molar-refractivity contribution in [3.63, 3.8) is 0 Å². The van der Waals surface area contributed by atoms with Crippen LogP contribution < -0.4 is 21.1 Å². The van der Waals surface area contributed by atoms with E-state index in [4.69, 9.17) is 4.74 Å². The van der Waals surface area contributed by atoms with Gasteiger partial charge in [-0.1, -0.05) is 0 Å². The number of carbonyl (C=O) groups is 2. The van der Waals surface area contributed by atoms with Gasteiger partial charge in [-0.2, -0.15) is 0 Å². The van der Waals surface area contributed by atoms with E-state index in [2.05, 4.69) is 26.6 Å². The van der Waals surface area contributed by atoms with Gasteiger partial charge < -0.3 is 25.4 Å². The second-order valence-electron chi connectivity index (χ2n) is 10.2. The SMILES string of the molecule is O=C(c1ccc2c(c1)NNN2)N1C[C@@H]2C3CN(C(=O)c4ccc(OCC5CC5)nn4)CC3[C@@H]2C1. The zero-order chi connectivity index (χ0) is 22.8. The van der Waals surface area contributed by atoms with Crippen LogP contribution in [0.2, 0.25) is 0 Å². The Bertz CT molecular complexity index is 1130. The molecule has 2 saturated heterocycles. The number of nitrogens with zero attached hydrogens (tertiary/aromatic N) is 4. The van der Waals surface area contributed by atoms with Crippen LogP contribution in [0.25, 0.3) is 0 Å². The maximum Gasteiger partial charge on any atom is 0.274 e. The summed E-state index contributed by atoms with van der Waals surface area (Å²) in [5.74, 6) is 2.99. The van der Waals surface area contributed by atoms with Crippen molar-refractivity contribution >= 4 is 23.2 Å². The van der Waals surface area contributed by atoms with Crippen molar-refractivity contribution in [3.05, 3.63) is 41.6 Å². The van der Waals surface area contributed by atoms with Crippen LogP contribution in [0, 0.1) is 29.6 Å². The van der Waals surface area contributed by atoms with E-state index in [0.717, 1.165) is 37.6 Å². The van der Waals surface area contributed by atoms with E-state index in [1.165, 1.54) is 12.8 Å². The predicted molar refractivity (Wildman–Crippen MR) is 123 cm³/mol. The number of carbonyl (C=O) groups excluding carboxylic acids is 2. The molecule has 2 aromatic rings. The quantitative estimate of drug-likeness (QED) is 0.616. The van der Waals surface area contributed by atoms with E-state index in [0.29, 0.717) is 53.3 Å². The lowest BCUT2D eigenvalue weighted by Gasteiger charge is -2.42. The Labute approximate surface area is 197 Å². The van der Waals surface area contributed by atoms with Crippen LogP contribution in [-0.2, 0) is 0 Å². The molecule has 4 fully saturated rings. The number of benzene rings is 1. The Balaban J connectivity index is 0.967. The second-order valence-corrected chi connectivity index (χ2v) is 10.2. The molecule has 7 rings (SSSR count). The summed E-state index contributed by atoms with van der Waals surface area (Å²) in [4.78, 5) is 30.1. The van der Waals surface area contributed by atoms with Gasteiger partial charge in [0.05, 0.1) is 18.0 Å². The molecular formula is C24H27N7O3. The minimum absolute atomic E-state index is 0.0606. The van der Waals surface area contributed by atoms with Gasteiger partial charge in [-0.05, 0) is 66.7 Å². The Kier molecular flexibility index (Phi) is 4.45. The van der Waals surface area contributed by atoms with Gasteiger partial charge in [0.25, 0.3) is 11.8 Å². The van der Waals surface area contributed by atoms with Crippen LogP contribution in [0.3, 0.4) is 0 Å². The average Bonchev–Trinajstić information content (AvgIpc) is 3.27. The number of nitrogens with one attached hydrogen (secondary N) is 3. The highest BCUT2D eigenvalue weighted by atomic mass is 16.5. The molecule has 2 unspecified atom stereocenters. The Morgan fingerprint density at radius 2 is 1.53 bits per heavy atom. The topological polar surface area (TPSA) is 112 Å². The van der Waals surface area contributed by atoms with Crippen molar-refractivity contribution in [1.29, 1.82) is 0 Å². The molecule has 4 heterocycles. The standard InChI is InChI=1S/C24H27N7O3/c32-23(14-3-4-19-21(7-14)27-29-26-19)30-8-15-16(9-30)18-11-31(10-17(15)18)24(33)20-5-6-22(28-25-20)34-12-13-1-2-13/h3-7,13,15-18,26-27,29H,1-2,8-12H2/t15-,16+,17?,18?. The highest BCUT2D eigenvalue weighted by Crippen LogP contribution is 2.54. The minimum atomic E-state index is -0.0606. The van der Waals surface area contributed by atoms with Crippen molar-refractivity contribution in [1.82, 2.24) is 25.5 Å². The summed E-state index contributed by atoms with van der Waals surface area (Å²) < 4.78 is 5.63. The van der Waals surface area contributed by atoms with Gasteiger partial charge in [0.2, 0.25) is 5.88 Å². The fraction of sp³-hybridized carbons (Fsp3) is 0.500. The van der Waals surface area contributed by atoms with Gasteiger partial charge in [-0.25, -0.2) is 0 Å². The Hall–Kier alpha value is -3.40. The fourth-order valence-corrected chi connectivity index (χ4v) is 6.11. The van der Waals surface area contributed by atoms with Crippen molar-refractivity contribution in [2.24, 2.45) is 29.6 Å². The van der Waals surface area contributed by atoms with Crippen LogP contribution in [0.15, 0.2) is 30.3 Å². The number of hydrogen-bond acceptors (Lipinski definition) is 8. The van der Waals surface area contributed by atoms with E-state index >= 15 is 0 Å². The molecule has 10 heteroatoms. The molecule has 34 heavy (non-hydrogen) atoms. The molecule has 2 amide bonds. The largest absolute Gasteiger partial charge is 0.476 e. The molecule has 10 nitrogen and oxygen atoms in total. The maximum atomic E-state index is 13.1. The van der Waals surface area contributed by atoms with Crippen molar-refractivity contribution < 1.29 is 14.3 Å². The number of amides is 2. The molecule has 3 aliphatic heterocycles. The van der Waals surface area contributed by atoms with Crippen LogP contribution in [0.5, 0.6) is 5.88 Å². The van der Waals surface area contributed by atoms with Crippen LogP contribution in [-0.4, -0.2) is 64.6 Å². The van der Waals surface area contributed by atoms with E-state index in [1.54, 1.807) is 12.1 Å². The number of likely N-dealkylation sites (tertiary alicyclic amines) is 2. The van der Waals surface area contributed by atoms with Gasteiger partial charge in [0, 0.05) is 37.8 Å². The number of hydrogen-bond donors (Lipinski definition) is 3. The summed E-state index contributed by atoms with van der Waals surface area (Å²) in [6, 6.07) is 9.12. The maximum absolute atomic E-state index is 13.1. The first-order valence-electron chi connectivity index (χ1n) is 12.1. The highest BCUT2D eigenvalue weighted by Gasteiger charge is 2.59. The summed E-state index contributed by atoms with van der Waals surface area (Å²) >= 11 is 0. The number of fused-ring (bicyclic) bond motifs is 5. The summed E-state index contributed by atoms with van der Waals surface area (Å²) in [5.41, 5.74) is 11.7. The molecule has 0 radical (unpaired) electrons. The molecule has 3 N–H and O–H groups in total. The van der Waals surface area contributed by atoms with Crippen molar-refractivity contribution in [3.8, 4) is 5.88 Å². The van der Waals surface area contributed by atoms with Gasteiger partial charge in [-0.3, -0.25) is 9.59 Å². The summed E-state index contributed by atoms with van der Waals surface area (Å²) in [7, 11) is 0. The van der Waals surface area contributed by atoms with Crippen LogP contribution >= 0.6 is 0 Å². The number of hydrazine groups is 2. The lowest BCUT2D eigenvalue weighted by Crippen LogP contribution is -2.44. The molecule has 4 atom stereocenters. The molecule has 1 aromatic heterocycles. The smallest absolute Gasteiger partial charge is 0.274 e. The number of ether oxygens (including phenoxy) is 1. The molecule has 176 valence electrons. The van der Waals surface area contributed by atoms with E-state index < -0.39 is 0 Å². The third-order valence-corrected chi connectivity index (χ3v) is 8.18. The molecule has 1 aromatic carbocycles. The van der Waals surface area contributed by atoms with Crippen LogP contribution in [0.1, 0.15) is 33.7 Å². The summed E-state index contributed by atoms with van der Waals surface area (Å²) in [6.07, 6.45) is 2.44. The molecular weight excluding hydrogens is 434 g/mol. The summed E-state index contributed by atoms with van der Waals surface area (Å²) in [6.45, 7) is 3.67. The fourth-order valence-electron chi connectivity index (χ4n) is 6.11. The zero-order valence-corrected chi connectivity index (χ0v) is 18.7. The van der Waals surface area contributed by atoms with Crippen molar-refractivity contribution in [2.45, 2.75) is 12.8 Å². The Morgan fingerprint density at radius 3 is 2.18 bits per heavy atom. The van der Waals surface area contributed by atoms with E-state index in [-0.39, 0.29) is 11.8 Å². The first-order chi connectivity index (χ1) is 16.6. The second kappa shape index (κ2) is 7.56. The van der Waals surface area contributed by atoms with Crippen LogP contribution in [0.4, 0.5) is 11.4 Å². The number of aromatic nitrogens is 2. The monoisotopic (exact) mass is 461 g/mol. The average molecular weight is 462 g/mol. The Morgan fingerprint density at radius 1 is 0.853 bits per heavy atom. The van der Waals surface area contributed by atoms with Gasteiger partial charge in [0.15, 0.2) is 5.69 Å². The van der Waals surface area contributed by atoms with Gasteiger partial charge >= 0.3 is 0 Å². The minimum Gasteiger partial charge on any atom is -0.476 e. The predicted octanol–water partition coefficient (Wildman–Crippen LogP) is 1.61. The summed E-state index contributed by atoms with van der Waals surface area (Å²) in [5, 5.41) is 8.21. The third-order valence-electron chi connectivity index (χ3n) is 8.18. The normalized spacial score (nSPS) is 28.4. The zero-order valence-electron chi connectivity index (χ0n) is 18.7. The molecule has 2 aliphatic carbocycles. The van der Waals surface area contributed by atoms with Gasteiger partial charge in [-0.15, -0.1) is 15.7 Å². The van der Waals surface area contributed by atoms with Crippen molar-refractivity contribution in [2.75, 3.05) is 43.6 Å². The van der Waals surface area contributed by atoms with E-state index in [1.807, 2.05) is 28.0 Å². The lowest BCUT2D eigenvalue weighted by molar-refractivity contribution is 0.0629. The molecule has 0 bridgehead atoms. The number of rotatable bonds is 5. The molecule has 2 saturated carbocycles. The number of anilines is 2. The highest BCUT2D eigenvalue weighted by molar-refractivity contribution is 5.97. The molecule has 0 spiro atoms. The van der Waals surface area contributed by atoms with Gasteiger partial charge in [0.1, 0.15) is 0 Å². The first kappa shape index (κ1) is 20.0. The molecule has 5 aliphatic rings. The first-order valence-corrected chi connectivity index (χ1v) is 12.1. The van der Waals surface area contributed by atoms with E-state index in [9.17, 15) is 9.59 Å².